The average Bonchev–Trinajstić information content (AvgIpc) is 3.50. The summed E-state index contributed by atoms with van der Waals surface area (Å²) in [4.78, 5) is 76.0. The smallest absolute Gasteiger partial charge is 0.505 e. The number of amides is 2. The number of ketones is 2. The minimum absolute atomic E-state index is 0.0215. The standard InChI is InChI=1S/C44H81N4O13P/c1-4-5-6-7-8-9-10-11-12-13-14-15-16-26-39(53)47-35(24-18-21-28-46)37(51)30-33(32(2)3)43(55)48-34(23-17-20-27-45)36(50)25-19-22-29-59-62(57,58)61-42-40(54)41(38(52)31-49)60-44(42)56/h32-35,38,41,49,52,54H,4-31,45-46H2,1-3H3,(H,47,53)(H,48,55)(H,57,58)/t33-,34-,35-,38-,41?/m0/s1. The molecule has 10 N–H and O–H groups in total. The highest BCUT2D eigenvalue weighted by atomic mass is 31.2. The number of hydrogen-bond donors (Lipinski definition) is 8. The van der Waals surface area contributed by atoms with E-state index in [-0.39, 0.29) is 55.7 Å². The normalized spacial score (nSPS) is 17.0. The van der Waals surface area contributed by atoms with Crippen LogP contribution in [0.15, 0.2) is 11.5 Å². The van der Waals surface area contributed by atoms with Crippen molar-refractivity contribution in [3.8, 4) is 0 Å². The molecule has 0 aliphatic carbocycles. The monoisotopic (exact) mass is 905 g/mol. The van der Waals surface area contributed by atoms with Crippen molar-refractivity contribution < 1.29 is 62.5 Å². The van der Waals surface area contributed by atoms with Gasteiger partial charge in [0.25, 0.3) is 5.76 Å². The number of nitrogens with two attached hydrogens (primary N) is 2. The van der Waals surface area contributed by atoms with Crippen LogP contribution in [-0.4, -0.2) is 100 Å². The van der Waals surface area contributed by atoms with Crippen molar-refractivity contribution in [2.75, 3.05) is 26.3 Å². The van der Waals surface area contributed by atoms with Crippen LogP contribution in [0.2, 0.25) is 0 Å². The second-order valence-electron chi connectivity index (χ2n) is 16.9. The molecule has 1 rings (SSSR count). The van der Waals surface area contributed by atoms with Gasteiger partial charge in [-0.05, 0) is 76.8 Å². The van der Waals surface area contributed by atoms with Crippen LogP contribution in [-0.2, 0) is 42.3 Å². The molecule has 2 amide bonds. The number of cyclic esters (lactones) is 1. The fraction of sp³-hybridized carbons (Fsp3) is 0.841. The minimum Gasteiger partial charge on any atom is -0.505 e. The van der Waals surface area contributed by atoms with E-state index in [4.69, 9.17) is 21.1 Å². The Labute approximate surface area is 369 Å². The van der Waals surface area contributed by atoms with Gasteiger partial charge in [-0.15, -0.1) is 0 Å². The topological polar surface area (TPSA) is 287 Å². The summed E-state index contributed by atoms with van der Waals surface area (Å²) in [6, 6.07) is -1.62. The lowest BCUT2D eigenvalue weighted by Gasteiger charge is -2.26. The predicted octanol–water partition coefficient (Wildman–Crippen LogP) is 5.85. The van der Waals surface area contributed by atoms with Gasteiger partial charge in [0.1, 0.15) is 6.10 Å². The Morgan fingerprint density at radius 1 is 0.758 bits per heavy atom. The summed E-state index contributed by atoms with van der Waals surface area (Å²) in [6.45, 7) is 5.49. The van der Waals surface area contributed by atoms with Crippen LogP contribution >= 0.6 is 7.82 Å². The third-order valence-corrected chi connectivity index (χ3v) is 12.1. The van der Waals surface area contributed by atoms with Crippen LogP contribution in [0.25, 0.3) is 0 Å². The fourth-order valence-corrected chi connectivity index (χ4v) is 8.06. The number of aliphatic hydroxyl groups excluding tert-OH is 3. The maximum Gasteiger partial charge on any atom is 0.527 e. The SMILES string of the molecule is CCCCCCCCCCCCCCCC(=O)N[C@@H](CCCCN)C(=O)C[C@H](C(=O)N[C@@H](CCCCN)C(=O)CCCCOP(=O)(O)OC1=C(O)C([C@@H](O)CO)OC1=O)C(C)C. The number of Topliss-reactive ketones (excluding diaryl/α,β-unsaturated/α-hetero) is 2. The van der Waals surface area contributed by atoms with Crippen molar-refractivity contribution in [3.63, 3.8) is 0 Å². The number of phosphoric acid groups is 1. The molecule has 360 valence electrons. The van der Waals surface area contributed by atoms with Gasteiger partial charge in [0.2, 0.25) is 11.8 Å². The average molecular weight is 905 g/mol. The second kappa shape index (κ2) is 33.6. The molecule has 0 bridgehead atoms. The Bertz CT molecular complexity index is 1400. The van der Waals surface area contributed by atoms with E-state index >= 15 is 0 Å². The molecule has 1 aliphatic heterocycles. The van der Waals surface area contributed by atoms with Gasteiger partial charge in [0.15, 0.2) is 23.4 Å². The van der Waals surface area contributed by atoms with E-state index in [1.165, 1.54) is 57.8 Å². The van der Waals surface area contributed by atoms with Crippen LogP contribution in [0, 0.1) is 11.8 Å². The van der Waals surface area contributed by atoms with Gasteiger partial charge < -0.3 is 46.7 Å². The van der Waals surface area contributed by atoms with Gasteiger partial charge in [0, 0.05) is 25.2 Å². The number of esters is 1. The van der Waals surface area contributed by atoms with E-state index < -0.39 is 68.0 Å². The van der Waals surface area contributed by atoms with E-state index in [9.17, 15) is 43.6 Å². The molecule has 0 aromatic heterocycles. The third kappa shape index (κ3) is 24.2. The van der Waals surface area contributed by atoms with Crippen molar-refractivity contribution in [2.24, 2.45) is 23.3 Å². The lowest BCUT2D eigenvalue weighted by Crippen LogP contribution is -2.47. The Morgan fingerprint density at radius 2 is 1.27 bits per heavy atom. The summed E-state index contributed by atoms with van der Waals surface area (Å²) in [5.74, 6) is -5.52. The van der Waals surface area contributed by atoms with E-state index in [2.05, 4.69) is 26.8 Å². The summed E-state index contributed by atoms with van der Waals surface area (Å²) < 4.78 is 26.7. The van der Waals surface area contributed by atoms with Gasteiger partial charge in [-0.3, -0.25) is 28.6 Å². The van der Waals surface area contributed by atoms with Gasteiger partial charge in [-0.2, -0.15) is 0 Å². The van der Waals surface area contributed by atoms with Crippen molar-refractivity contribution >= 4 is 37.2 Å². The van der Waals surface area contributed by atoms with Crippen LogP contribution in [0.1, 0.15) is 175 Å². The van der Waals surface area contributed by atoms with Crippen LogP contribution in [0.3, 0.4) is 0 Å². The molecule has 0 saturated heterocycles. The zero-order valence-corrected chi connectivity index (χ0v) is 38.7. The Hall–Kier alpha value is -2.92. The van der Waals surface area contributed by atoms with E-state index in [0.717, 1.165) is 25.7 Å². The third-order valence-electron chi connectivity index (χ3n) is 11.1. The lowest BCUT2D eigenvalue weighted by molar-refractivity contribution is -0.147. The fourth-order valence-electron chi connectivity index (χ4n) is 7.25. The summed E-state index contributed by atoms with van der Waals surface area (Å²) >= 11 is 0. The highest BCUT2D eigenvalue weighted by Crippen LogP contribution is 2.47. The van der Waals surface area contributed by atoms with E-state index in [1.807, 2.05) is 13.8 Å². The van der Waals surface area contributed by atoms with Crippen LogP contribution < -0.4 is 22.1 Å². The molecule has 0 spiro atoms. The van der Waals surface area contributed by atoms with Gasteiger partial charge in [-0.25, -0.2) is 9.36 Å². The molecule has 17 nitrogen and oxygen atoms in total. The Kier molecular flexibility index (Phi) is 30.9. The quantitative estimate of drug-likeness (QED) is 0.0203. The molecule has 2 unspecified atom stereocenters. The van der Waals surface area contributed by atoms with Crippen molar-refractivity contribution in [1.82, 2.24) is 10.6 Å². The molecular formula is C44H81N4O13P. The molecule has 0 aromatic carbocycles. The number of phosphoric ester groups is 1. The molecule has 18 heteroatoms. The highest BCUT2D eigenvalue weighted by molar-refractivity contribution is 7.47. The van der Waals surface area contributed by atoms with Crippen LogP contribution in [0.4, 0.5) is 0 Å². The lowest BCUT2D eigenvalue weighted by atomic mass is 9.86. The number of hydrogen-bond acceptors (Lipinski definition) is 14. The molecule has 0 saturated carbocycles. The number of unbranched alkanes of at least 4 members (excludes halogenated alkanes) is 15. The molecule has 1 aliphatic rings. The number of aliphatic hydroxyl groups is 3. The zero-order chi connectivity index (χ0) is 46.3. The Morgan fingerprint density at radius 3 is 1.79 bits per heavy atom. The first-order valence-corrected chi connectivity index (χ1v) is 24.8. The van der Waals surface area contributed by atoms with Crippen LogP contribution in [0.5, 0.6) is 0 Å². The predicted molar refractivity (Wildman–Crippen MR) is 236 cm³/mol. The first-order valence-electron chi connectivity index (χ1n) is 23.3. The van der Waals surface area contributed by atoms with Gasteiger partial charge in [0.05, 0.1) is 25.3 Å². The highest BCUT2D eigenvalue weighted by Gasteiger charge is 2.43. The van der Waals surface area contributed by atoms with Crippen molar-refractivity contribution in [2.45, 2.75) is 199 Å². The number of nitrogens with one attached hydrogen (secondary N) is 2. The van der Waals surface area contributed by atoms with Gasteiger partial charge >= 0.3 is 13.8 Å². The summed E-state index contributed by atoms with van der Waals surface area (Å²) in [5.41, 5.74) is 11.4. The molecule has 62 heavy (non-hydrogen) atoms. The molecule has 0 aromatic rings. The number of carbonyl (C=O) groups excluding carboxylic acids is 5. The molecule has 6 atom stereocenters. The van der Waals surface area contributed by atoms with E-state index in [0.29, 0.717) is 58.0 Å². The van der Waals surface area contributed by atoms with Crippen molar-refractivity contribution in [3.05, 3.63) is 11.5 Å². The maximum absolute atomic E-state index is 13.8. The first kappa shape index (κ1) is 57.1. The molecule has 0 radical (unpaired) electrons. The Balaban J connectivity index is 2.71. The number of carbonyl (C=O) groups is 5. The number of rotatable bonds is 40. The first-order chi connectivity index (χ1) is 29.6. The second-order valence-corrected chi connectivity index (χ2v) is 18.2. The number of ether oxygens (including phenoxy) is 1. The largest absolute Gasteiger partial charge is 0.527 e. The summed E-state index contributed by atoms with van der Waals surface area (Å²) in [6.07, 6.45) is 16.0. The van der Waals surface area contributed by atoms with E-state index in [1.54, 1.807) is 0 Å². The maximum atomic E-state index is 13.8. The van der Waals surface area contributed by atoms with Crippen molar-refractivity contribution in [1.29, 1.82) is 0 Å². The molecule has 1 heterocycles. The summed E-state index contributed by atoms with van der Waals surface area (Å²) in [5, 5.41) is 34.6. The minimum atomic E-state index is -4.95. The molecular weight excluding hydrogens is 823 g/mol. The van der Waals surface area contributed by atoms with Gasteiger partial charge in [-0.1, -0.05) is 97.8 Å². The zero-order valence-electron chi connectivity index (χ0n) is 37.8. The molecule has 0 fully saturated rings. The summed E-state index contributed by atoms with van der Waals surface area (Å²) in [7, 11) is -4.95.